The Hall–Kier alpha value is -2.58. The van der Waals surface area contributed by atoms with E-state index in [1.165, 1.54) is 83.5 Å². The molecule has 0 N–H and O–H groups in total. The first-order valence-electron chi connectivity index (χ1n) is 13.4. The van der Waals surface area contributed by atoms with Crippen LogP contribution in [-0.2, 0) is 13.1 Å². The van der Waals surface area contributed by atoms with Crippen molar-refractivity contribution in [3.8, 4) is 23.7 Å². The molecule has 0 saturated heterocycles. The minimum atomic E-state index is 0.991. The van der Waals surface area contributed by atoms with Gasteiger partial charge in [-0.25, -0.2) is 9.13 Å². The van der Waals surface area contributed by atoms with Crippen molar-refractivity contribution in [1.29, 1.82) is 0 Å². The quantitative estimate of drug-likeness (QED) is 0.324. The summed E-state index contributed by atoms with van der Waals surface area (Å²) < 4.78 is 4.62. The Balaban J connectivity index is 1.48. The van der Waals surface area contributed by atoms with Crippen LogP contribution in [0.1, 0.15) is 107 Å². The third kappa shape index (κ3) is 11.2. The van der Waals surface area contributed by atoms with E-state index in [4.69, 9.17) is 0 Å². The predicted molar refractivity (Wildman–Crippen MR) is 136 cm³/mol. The van der Waals surface area contributed by atoms with E-state index in [-0.39, 0.29) is 0 Å². The highest BCUT2D eigenvalue weighted by Crippen LogP contribution is 2.10. The average molecular weight is 443 g/mol. The molecule has 0 radical (unpaired) electrons. The SMILES string of the molecule is C1#Cc2ccc[n+](c2)CCCCCCCCCCC[n+]2cccc(c2)C#CCCCCCC1. The smallest absolute Gasteiger partial charge is 0.184 e. The summed E-state index contributed by atoms with van der Waals surface area (Å²) in [5, 5.41) is 0. The van der Waals surface area contributed by atoms with Gasteiger partial charge in [0, 0.05) is 37.8 Å². The zero-order valence-electron chi connectivity index (χ0n) is 20.5. The molecule has 33 heavy (non-hydrogen) atoms. The van der Waals surface area contributed by atoms with Crippen LogP contribution in [0.4, 0.5) is 0 Å². The first-order chi connectivity index (χ1) is 16.4. The maximum atomic E-state index is 3.37. The molecule has 174 valence electrons. The number of fused-ring (bicyclic) bond motifs is 4. The van der Waals surface area contributed by atoms with Crippen molar-refractivity contribution >= 4 is 0 Å². The Morgan fingerprint density at radius 3 is 1.33 bits per heavy atom. The van der Waals surface area contributed by atoms with E-state index >= 15 is 0 Å². The van der Waals surface area contributed by atoms with E-state index in [9.17, 15) is 0 Å². The third-order valence-electron chi connectivity index (χ3n) is 6.37. The van der Waals surface area contributed by atoms with Gasteiger partial charge in [-0.1, -0.05) is 68.6 Å². The molecular formula is C31H42N2+2. The molecule has 2 aromatic heterocycles. The van der Waals surface area contributed by atoms with Crippen LogP contribution in [-0.4, -0.2) is 0 Å². The fraction of sp³-hybridized carbons (Fsp3) is 0.548. The van der Waals surface area contributed by atoms with E-state index in [1.807, 2.05) is 0 Å². The van der Waals surface area contributed by atoms with Gasteiger partial charge in [0.2, 0.25) is 0 Å². The van der Waals surface area contributed by atoms with Gasteiger partial charge in [0.05, 0.1) is 11.1 Å². The van der Waals surface area contributed by atoms with Gasteiger partial charge in [0.15, 0.2) is 24.8 Å². The topological polar surface area (TPSA) is 7.76 Å². The van der Waals surface area contributed by atoms with Gasteiger partial charge >= 0.3 is 0 Å². The van der Waals surface area contributed by atoms with Crippen LogP contribution in [0.15, 0.2) is 49.1 Å². The number of pyridine rings is 2. The lowest BCUT2D eigenvalue weighted by Crippen LogP contribution is -2.32. The fourth-order valence-electron chi connectivity index (χ4n) is 4.41. The zero-order valence-corrected chi connectivity index (χ0v) is 20.5. The molecule has 0 atom stereocenters. The Bertz CT molecular complexity index is 861. The van der Waals surface area contributed by atoms with Gasteiger partial charge in [0.1, 0.15) is 13.1 Å². The van der Waals surface area contributed by atoms with E-state index in [2.05, 4.69) is 81.9 Å². The van der Waals surface area contributed by atoms with Crippen molar-refractivity contribution < 1.29 is 9.13 Å². The van der Waals surface area contributed by atoms with Crippen LogP contribution in [0.2, 0.25) is 0 Å². The third-order valence-corrected chi connectivity index (χ3v) is 6.37. The minimum absolute atomic E-state index is 0.991. The largest absolute Gasteiger partial charge is 0.204 e. The molecule has 2 nitrogen and oxygen atoms in total. The first kappa shape index (κ1) is 25.1. The Kier molecular flexibility index (Phi) is 12.2. The second-order valence-corrected chi connectivity index (χ2v) is 9.36. The van der Waals surface area contributed by atoms with Gasteiger partial charge in [-0.3, -0.25) is 0 Å². The molecule has 2 heteroatoms. The molecule has 1 aliphatic rings. The van der Waals surface area contributed by atoms with E-state index < -0.39 is 0 Å². The van der Waals surface area contributed by atoms with Crippen molar-refractivity contribution in [3.63, 3.8) is 0 Å². The monoisotopic (exact) mass is 442 g/mol. The minimum Gasteiger partial charge on any atom is -0.204 e. The number of aryl methyl sites for hydroxylation is 2. The summed E-state index contributed by atoms with van der Waals surface area (Å²) in [6.45, 7) is 2.22. The summed E-state index contributed by atoms with van der Waals surface area (Å²) in [5.74, 6) is 13.5. The molecule has 3 heterocycles. The standard InChI is InChI=1S/C31H42N2/c1-4-8-12-16-24-32-26-18-22-30(28-32)20-14-10-6-2-3-7-11-15-21-31-23-19-27-33(29-31)25-17-13-9-5-1/h18-19,22-23,26-29H,1-13,16-17,24-25H2/q+2. The number of aromatic nitrogens is 2. The lowest BCUT2D eigenvalue weighted by Gasteiger charge is -2.02. The highest BCUT2D eigenvalue weighted by molar-refractivity contribution is 5.30. The second kappa shape index (κ2) is 16.1. The molecule has 0 aromatic carbocycles. The van der Waals surface area contributed by atoms with Crippen LogP contribution in [0, 0.1) is 23.7 Å². The normalized spacial score (nSPS) is 17.5. The van der Waals surface area contributed by atoms with Gasteiger partial charge < -0.3 is 0 Å². The number of hydrogen-bond acceptors (Lipinski definition) is 0. The van der Waals surface area contributed by atoms with Crippen molar-refractivity contribution in [2.45, 2.75) is 109 Å². The number of rotatable bonds is 0. The van der Waals surface area contributed by atoms with E-state index in [0.717, 1.165) is 37.1 Å². The van der Waals surface area contributed by atoms with E-state index in [0.29, 0.717) is 0 Å². The molecule has 4 bridgehead atoms. The Morgan fingerprint density at radius 2 is 0.879 bits per heavy atom. The molecule has 0 saturated carbocycles. The van der Waals surface area contributed by atoms with Gasteiger partial charge in [-0.15, -0.1) is 0 Å². The maximum Gasteiger partial charge on any atom is 0.184 e. The van der Waals surface area contributed by atoms with Crippen LogP contribution in [0.25, 0.3) is 0 Å². The van der Waals surface area contributed by atoms with Crippen LogP contribution in [0.5, 0.6) is 0 Å². The summed E-state index contributed by atoms with van der Waals surface area (Å²) in [7, 11) is 0. The van der Waals surface area contributed by atoms with Gasteiger partial charge in [0.25, 0.3) is 0 Å². The number of hydrogen-bond donors (Lipinski definition) is 0. The molecule has 0 spiro atoms. The van der Waals surface area contributed by atoms with Crippen molar-refractivity contribution in [2.24, 2.45) is 0 Å². The Labute approximate surface area is 202 Å². The number of nitrogens with zero attached hydrogens (tertiary/aromatic N) is 2. The van der Waals surface area contributed by atoms with Crippen LogP contribution >= 0.6 is 0 Å². The second-order valence-electron chi connectivity index (χ2n) is 9.36. The highest BCUT2D eigenvalue weighted by atomic mass is 14.9. The summed E-state index contributed by atoms with van der Waals surface area (Å²) in [6, 6.07) is 8.54. The molecule has 3 rings (SSSR count). The molecule has 0 aliphatic carbocycles. The fourth-order valence-corrected chi connectivity index (χ4v) is 4.41. The summed E-state index contributed by atoms with van der Waals surface area (Å²) in [4.78, 5) is 0. The molecule has 2 aromatic rings. The first-order valence-corrected chi connectivity index (χ1v) is 13.4. The lowest BCUT2D eigenvalue weighted by atomic mass is 10.1. The summed E-state index contributed by atoms with van der Waals surface area (Å²) in [5.41, 5.74) is 2.29. The Morgan fingerprint density at radius 1 is 0.485 bits per heavy atom. The van der Waals surface area contributed by atoms with Crippen molar-refractivity contribution in [1.82, 2.24) is 0 Å². The molecule has 0 amide bonds. The molecule has 1 aliphatic heterocycles. The predicted octanol–water partition coefficient (Wildman–Crippen LogP) is 6.53. The molecule has 0 unspecified atom stereocenters. The van der Waals surface area contributed by atoms with Gasteiger partial charge in [-0.2, -0.15) is 0 Å². The van der Waals surface area contributed by atoms with Crippen LogP contribution in [0.3, 0.4) is 0 Å². The van der Waals surface area contributed by atoms with Crippen molar-refractivity contribution in [2.75, 3.05) is 0 Å². The average Bonchev–Trinajstić information content (AvgIpc) is 2.84. The van der Waals surface area contributed by atoms with Gasteiger partial charge in [-0.05, 0) is 37.8 Å². The lowest BCUT2D eigenvalue weighted by molar-refractivity contribution is -0.697. The van der Waals surface area contributed by atoms with E-state index in [1.54, 1.807) is 0 Å². The summed E-state index contributed by atoms with van der Waals surface area (Å²) in [6.07, 6.45) is 27.7. The zero-order chi connectivity index (χ0) is 22.8. The summed E-state index contributed by atoms with van der Waals surface area (Å²) >= 11 is 0. The molecule has 0 fully saturated rings. The highest BCUT2D eigenvalue weighted by Gasteiger charge is 2.03. The maximum absolute atomic E-state index is 3.37. The van der Waals surface area contributed by atoms with Crippen LogP contribution < -0.4 is 9.13 Å². The molecular weight excluding hydrogens is 400 g/mol. The van der Waals surface area contributed by atoms with Crippen molar-refractivity contribution in [3.05, 3.63) is 60.2 Å².